The van der Waals surface area contributed by atoms with Gasteiger partial charge in [-0.15, -0.1) is 10.2 Å². The van der Waals surface area contributed by atoms with Crippen molar-refractivity contribution in [3.8, 4) is 6.07 Å². The SMILES string of the molecule is N#CCSc1nnc(N)n1CC(=O)Nc1nc2ccc(Cl)cc2s1. The summed E-state index contributed by atoms with van der Waals surface area (Å²) < 4.78 is 2.33. The number of fused-ring (bicyclic) bond motifs is 1. The van der Waals surface area contributed by atoms with Crippen LogP contribution in [-0.2, 0) is 11.3 Å². The predicted octanol–water partition coefficient (Wildman–Crippen LogP) is 2.38. The molecule has 1 amide bonds. The monoisotopic (exact) mass is 379 g/mol. The zero-order valence-electron chi connectivity index (χ0n) is 12.1. The summed E-state index contributed by atoms with van der Waals surface area (Å²) in [6.45, 7) is -0.0662. The normalized spacial score (nSPS) is 10.7. The fraction of sp³-hybridized carbons (Fsp3) is 0.154. The second-order valence-electron chi connectivity index (χ2n) is 4.55. The van der Waals surface area contributed by atoms with Gasteiger partial charge in [0.2, 0.25) is 11.9 Å². The molecule has 0 atom stereocenters. The van der Waals surface area contributed by atoms with E-state index in [0.29, 0.717) is 15.3 Å². The maximum atomic E-state index is 12.2. The number of benzene rings is 1. The Morgan fingerprint density at radius 3 is 3.12 bits per heavy atom. The molecule has 0 bridgehead atoms. The van der Waals surface area contributed by atoms with E-state index in [4.69, 9.17) is 22.6 Å². The molecule has 0 spiro atoms. The third kappa shape index (κ3) is 3.59. The van der Waals surface area contributed by atoms with Crippen LogP contribution < -0.4 is 11.1 Å². The van der Waals surface area contributed by atoms with Gasteiger partial charge in [0.1, 0.15) is 6.54 Å². The van der Waals surface area contributed by atoms with Crippen LogP contribution in [0.2, 0.25) is 5.02 Å². The van der Waals surface area contributed by atoms with Crippen LogP contribution in [0.15, 0.2) is 23.4 Å². The first-order valence-electron chi connectivity index (χ1n) is 6.61. The lowest BCUT2D eigenvalue weighted by Gasteiger charge is -2.06. The van der Waals surface area contributed by atoms with Gasteiger partial charge in [0, 0.05) is 5.02 Å². The minimum absolute atomic E-state index is 0.0662. The molecule has 2 aromatic heterocycles. The largest absolute Gasteiger partial charge is 0.368 e. The Morgan fingerprint density at radius 1 is 1.50 bits per heavy atom. The van der Waals surface area contributed by atoms with Crippen LogP contribution in [0.4, 0.5) is 11.1 Å². The van der Waals surface area contributed by atoms with Crippen molar-refractivity contribution in [3.05, 3.63) is 23.2 Å². The van der Waals surface area contributed by atoms with Gasteiger partial charge in [-0.3, -0.25) is 9.36 Å². The van der Waals surface area contributed by atoms with Crippen LogP contribution in [0, 0.1) is 11.3 Å². The van der Waals surface area contributed by atoms with Crippen LogP contribution in [-0.4, -0.2) is 31.4 Å². The zero-order valence-corrected chi connectivity index (χ0v) is 14.5. The first-order chi connectivity index (χ1) is 11.6. The molecule has 0 fully saturated rings. The highest BCUT2D eigenvalue weighted by molar-refractivity contribution is 7.99. The van der Waals surface area contributed by atoms with Crippen molar-refractivity contribution < 1.29 is 4.79 Å². The van der Waals surface area contributed by atoms with Gasteiger partial charge < -0.3 is 11.1 Å². The third-order valence-corrected chi connectivity index (χ3v) is 4.91. The molecule has 24 heavy (non-hydrogen) atoms. The number of carbonyl (C=O) groups excluding carboxylic acids is 1. The number of thioether (sulfide) groups is 1. The van der Waals surface area contributed by atoms with Crippen LogP contribution >= 0.6 is 34.7 Å². The molecule has 0 aliphatic rings. The highest BCUT2D eigenvalue weighted by atomic mass is 35.5. The number of anilines is 2. The molecular formula is C13H10ClN7OS2. The smallest absolute Gasteiger partial charge is 0.246 e. The van der Waals surface area contributed by atoms with E-state index in [9.17, 15) is 4.79 Å². The van der Waals surface area contributed by atoms with E-state index in [2.05, 4.69) is 20.5 Å². The molecule has 0 saturated carbocycles. The molecule has 3 N–H and O–H groups in total. The molecule has 1 aromatic carbocycles. The Balaban J connectivity index is 1.73. The van der Waals surface area contributed by atoms with E-state index in [0.717, 1.165) is 22.0 Å². The number of nitrogens with one attached hydrogen (secondary N) is 1. The predicted molar refractivity (Wildman–Crippen MR) is 94.0 cm³/mol. The number of hydrogen-bond acceptors (Lipinski definition) is 8. The maximum Gasteiger partial charge on any atom is 0.246 e. The molecule has 0 unspecified atom stereocenters. The topological polar surface area (TPSA) is 123 Å². The van der Waals surface area contributed by atoms with Gasteiger partial charge in [-0.2, -0.15) is 5.26 Å². The quantitative estimate of drug-likeness (QED) is 0.652. The Morgan fingerprint density at radius 2 is 2.33 bits per heavy atom. The molecule has 0 radical (unpaired) electrons. The number of thiazole rings is 1. The number of hydrogen-bond donors (Lipinski definition) is 2. The molecule has 3 aromatic rings. The molecule has 2 heterocycles. The summed E-state index contributed by atoms with van der Waals surface area (Å²) in [7, 11) is 0. The molecule has 0 saturated heterocycles. The number of aromatic nitrogens is 4. The van der Waals surface area contributed by atoms with Crippen LogP contribution in [0.3, 0.4) is 0 Å². The molecule has 0 aliphatic heterocycles. The molecule has 0 aliphatic carbocycles. The van der Waals surface area contributed by atoms with E-state index in [1.165, 1.54) is 15.9 Å². The average Bonchev–Trinajstić information content (AvgIpc) is 3.09. The zero-order chi connectivity index (χ0) is 17.1. The van der Waals surface area contributed by atoms with E-state index in [-0.39, 0.29) is 24.2 Å². The summed E-state index contributed by atoms with van der Waals surface area (Å²) in [5.41, 5.74) is 6.48. The van der Waals surface area contributed by atoms with Gasteiger partial charge in [0.25, 0.3) is 0 Å². The van der Waals surface area contributed by atoms with Crippen LogP contribution in [0.25, 0.3) is 10.2 Å². The molecular weight excluding hydrogens is 370 g/mol. The van der Waals surface area contributed by atoms with Gasteiger partial charge in [-0.1, -0.05) is 34.7 Å². The van der Waals surface area contributed by atoms with Crippen molar-refractivity contribution in [2.45, 2.75) is 11.7 Å². The van der Waals surface area contributed by atoms with Crippen LogP contribution in [0.5, 0.6) is 0 Å². The Kier molecular flexibility index (Phi) is 4.84. The van der Waals surface area contributed by atoms with Crippen molar-refractivity contribution in [1.29, 1.82) is 5.26 Å². The molecule has 122 valence electrons. The molecule has 8 nitrogen and oxygen atoms in total. The van der Waals surface area contributed by atoms with Crippen molar-refractivity contribution in [2.24, 2.45) is 0 Å². The standard InChI is InChI=1S/C13H10ClN7OS2/c14-7-1-2-8-9(5-7)24-12(17-8)18-10(22)6-21-11(16)19-20-13(21)23-4-3-15/h1-2,5H,4,6H2,(H2,16,19)(H,17,18,22). The number of nitrogen functional groups attached to an aromatic ring is 1. The fourth-order valence-electron chi connectivity index (χ4n) is 1.91. The second-order valence-corrected chi connectivity index (χ2v) is 6.96. The van der Waals surface area contributed by atoms with Gasteiger partial charge in [0.15, 0.2) is 10.3 Å². The van der Waals surface area contributed by atoms with E-state index in [1.54, 1.807) is 18.2 Å². The second kappa shape index (κ2) is 7.04. The number of nitriles is 1. The summed E-state index contributed by atoms with van der Waals surface area (Å²) in [5, 5.41) is 20.4. The summed E-state index contributed by atoms with van der Waals surface area (Å²) in [6.07, 6.45) is 0. The van der Waals surface area contributed by atoms with Gasteiger partial charge in [-0.25, -0.2) is 4.98 Å². The number of amides is 1. The van der Waals surface area contributed by atoms with Crippen molar-refractivity contribution in [2.75, 3.05) is 16.8 Å². The average molecular weight is 380 g/mol. The number of halogens is 1. The lowest BCUT2D eigenvalue weighted by molar-refractivity contribution is -0.116. The third-order valence-electron chi connectivity index (χ3n) is 2.91. The van der Waals surface area contributed by atoms with Crippen LogP contribution in [0.1, 0.15) is 0 Å². The Labute approximate surface area is 149 Å². The summed E-state index contributed by atoms with van der Waals surface area (Å²) in [4.78, 5) is 16.6. The van der Waals surface area contributed by atoms with Gasteiger partial charge in [0.05, 0.1) is 22.0 Å². The van der Waals surface area contributed by atoms with E-state index >= 15 is 0 Å². The van der Waals surface area contributed by atoms with Crippen molar-refractivity contribution >= 4 is 61.9 Å². The minimum atomic E-state index is -0.314. The minimum Gasteiger partial charge on any atom is -0.368 e. The first kappa shape index (κ1) is 16.5. The summed E-state index contributed by atoms with van der Waals surface area (Å²) >= 11 is 8.43. The first-order valence-corrected chi connectivity index (χ1v) is 8.79. The number of rotatable bonds is 5. The summed E-state index contributed by atoms with van der Waals surface area (Å²) in [5.74, 6) is -0.00889. The Bertz CT molecular complexity index is 946. The van der Waals surface area contributed by atoms with Crippen molar-refractivity contribution in [1.82, 2.24) is 19.7 Å². The number of nitrogens with two attached hydrogens (primary N) is 1. The summed E-state index contributed by atoms with van der Waals surface area (Å²) in [6, 6.07) is 7.31. The van der Waals surface area contributed by atoms with Crippen molar-refractivity contribution in [3.63, 3.8) is 0 Å². The number of carbonyl (C=O) groups is 1. The van der Waals surface area contributed by atoms with Gasteiger partial charge >= 0.3 is 0 Å². The number of nitrogens with zero attached hydrogens (tertiary/aromatic N) is 5. The highest BCUT2D eigenvalue weighted by Crippen LogP contribution is 2.28. The fourth-order valence-corrected chi connectivity index (χ4v) is 3.67. The Hall–Kier alpha value is -2.35. The molecule has 3 rings (SSSR count). The van der Waals surface area contributed by atoms with Gasteiger partial charge in [-0.05, 0) is 18.2 Å². The van der Waals surface area contributed by atoms with E-state index < -0.39 is 0 Å². The molecule has 11 heteroatoms. The highest BCUT2D eigenvalue weighted by Gasteiger charge is 2.15. The lowest BCUT2D eigenvalue weighted by atomic mass is 10.3. The lowest BCUT2D eigenvalue weighted by Crippen LogP contribution is -2.20. The maximum absolute atomic E-state index is 12.2. The van der Waals surface area contributed by atoms with E-state index in [1.807, 2.05) is 6.07 Å².